The fourth-order valence-corrected chi connectivity index (χ4v) is 5.05. The number of ether oxygens (including phenoxy) is 2. The summed E-state index contributed by atoms with van der Waals surface area (Å²) in [7, 11) is -1.20. The summed E-state index contributed by atoms with van der Waals surface area (Å²) in [4.78, 5) is 20.8. The molecule has 6 heteroatoms. The number of carbonyl (C=O) groups is 1. The first-order valence-corrected chi connectivity index (χ1v) is 17.8. The van der Waals surface area contributed by atoms with Gasteiger partial charge in [0.05, 0.1) is 25.6 Å². The molecule has 0 aliphatic carbocycles. The molecule has 0 fully saturated rings. The first-order valence-electron chi connectivity index (χ1n) is 14.1. The molecule has 2 aromatic carbocycles. The molecule has 38 heavy (non-hydrogen) atoms. The summed E-state index contributed by atoms with van der Waals surface area (Å²) in [5.74, 6) is 1.24. The van der Waals surface area contributed by atoms with Crippen LogP contribution in [-0.4, -0.2) is 37.2 Å². The zero-order valence-electron chi connectivity index (χ0n) is 23.7. The summed E-state index contributed by atoms with van der Waals surface area (Å²) in [6.07, 6.45) is 11.9. The molecule has 0 saturated carbocycles. The third-order valence-electron chi connectivity index (χ3n) is 6.53. The fraction of sp³-hybridized carbons (Fsp3) is 0.469. The molecular formula is C32H44N2O3Si. The van der Waals surface area contributed by atoms with Crippen molar-refractivity contribution in [3.63, 3.8) is 0 Å². The second kappa shape index (κ2) is 15.4. The number of carbonyl (C=O) groups excluding carboxylic acids is 1. The minimum absolute atomic E-state index is 0.0866. The number of hydrogen-bond acceptors (Lipinski definition) is 5. The SMILES string of the molecule is CCCCCCc1ccc(-c2ccc(-c3ncc(OCCCCOC(=O)CC[Si](C)(C)C)cn3)cc2)cc1. The lowest BCUT2D eigenvalue weighted by Gasteiger charge is -2.14. The Morgan fingerprint density at radius 1 is 0.763 bits per heavy atom. The van der Waals surface area contributed by atoms with Gasteiger partial charge >= 0.3 is 5.97 Å². The maximum Gasteiger partial charge on any atom is 0.305 e. The molecule has 1 aromatic heterocycles. The molecule has 0 aliphatic heterocycles. The van der Waals surface area contributed by atoms with E-state index < -0.39 is 8.07 Å². The van der Waals surface area contributed by atoms with E-state index in [1.54, 1.807) is 12.4 Å². The van der Waals surface area contributed by atoms with Crippen molar-refractivity contribution in [3.05, 3.63) is 66.5 Å². The predicted octanol–water partition coefficient (Wildman–Crippen LogP) is 8.36. The van der Waals surface area contributed by atoms with E-state index >= 15 is 0 Å². The number of nitrogens with zero attached hydrogens (tertiary/aromatic N) is 2. The van der Waals surface area contributed by atoms with Crippen molar-refractivity contribution >= 4 is 14.0 Å². The average molecular weight is 533 g/mol. The zero-order chi connectivity index (χ0) is 27.2. The normalized spacial score (nSPS) is 11.4. The van der Waals surface area contributed by atoms with Gasteiger partial charge in [-0.2, -0.15) is 0 Å². The number of aromatic nitrogens is 2. The number of rotatable bonds is 16. The third kappa shape index (κ3) is 10.8. The van der Waals surface area contributed by atoms with Crippen LogP contribution in [-0.2, 0) is 16.0 Å². The standard InChI is InChI=1S/C32H44N2O3Si/c1-5-6-7-8-11-26-12-14-27(15-13-26)28-16-18-29(19-17-28)32-33-24-30(25-34-32)36-21-9-10-22-37-31(35)20-23-38(2,3)4/h12-19,24-25H,5-11,20-23H2,1-4H3. The minimum Gasteiger partial charge on any atom is -0.490 e. The van der Waals surface area contributed by atoms with E-state index in [-0.39, 0.29) is 5.97 Å². The van der Waals surface area contributed by atoms with Crippen molar-refractivity contribution in [2.45, 2.75) is 84.0 Å². The van der Waals surface area contributed by atoms with Gasteiger partial charge in [0.2, 0.25) is 0 Å². The summed E-state index contributed by atoms with van der Waals surface area (Å²) >= 11 is 0. The molecule has 0 N–H and O–H groups in total. The molecule has 0 aliphatic rings. The van der Waals surface area contributed by atoms with Gasteiger partial charge in [-0.3, -0.25) is 4.79 Å². The quantitative estimate of drug-likeness (QED) is 0.105. The van der Waals surface area contributed by atoms with Crippen molar-refractivity contribution < 1.29 is 14.3 Å². The van der Waals surface area contributed by atoms with Gasteiger partial charge in [0.1, 0.15) is 0 Å². The van der Waals surface area contributed by atoms with E-state index in [4.69, 9.17) is 9.47 Å². The van der Waals surface area contributed by atoms with Crippen LogP contribution < -0.4 is 4.74 Å². The van der Waals surface area contributed by atoms with Crippen LogP contribution >= 0.6 is 0 Å². The van der Waals surface area contributed by atoms with Crippen LogP contribution in [0.2, 0.25) is 25.7 Å². The van der Waals surface area contributed by atoms with Crippen LogP contribution in [0.25, 0.3) is 22.5 Å². The van der Waals surface area contributed by atoms with E-state index in [9.17, 15) is 4.79 Å². The average Bonchev–Trinajstić information content (AvgIpc) is 2.92. The van der Waals surface area contributed by atoms with Crippen LogP contribution in [0.1, 0.15) is 57.4 Å². The summed E-state index contributed by atoms with van der Waals surface area (Å²) in [6, 6.07) is 18.3. The van der Waals surface area contributed by atoms with E-state index in [1.165, 1.54) is 42.4 Å². The lowest BCUT2D eigenvalue weighted by atomic mass is 10.00. The number of esters is 1. The topological polar surface area (TPSA) is 61.3 Å². The Labute approximate surface area is 230 Å². The largest absolute Gasteiger partial charge is 0.490 e. The van der Waals surface area contributed by atoms with Crippen molar-refractivity contribution in [1.82, 2.24) is 9.97 Å². The van der Waals surface area contributed by atoms with Gasteiger partial charge in [-0.25, -0.2) is 9.97 Å². The monoisotopic (exact) mass is 532 g/mol. The molecule has 0 saturated heterocycles. The second-order valence-corrected chi connectivity index (χ2v) is 16.8. The Hall–Kier alpha value is -2.99. The Kier molecular flexibility index (Phi) is 12.0. The molecule has 3 aromatic rings. The highest BCUT2D eigenvalue weighted by Crippen LogP contribution is 2.24. The van der Waals surface area contributed by atoms with Gasteiger partial charge in [0.25, 0.3) is 0 Å². The van der Waals surface area contributed by atoms with E-state index in [1.807, 2.05) is 0 Å². The van der Waals surface area contributed by atoms with Gasteiger partial charge in [0, 0.05) is 20.1 Å². The summed E-state index contributed by atoms with van der Waals surface area (Å²) < 4.78 is 11.1. The molecule has 0 spiro atoms. The highest BCUT2D eigenvalue weighted by Gasteiger charge is 2.15. The van der Waals surface area contributed by atoms with Gasteiger partial charge in [-0.05, 0) is 48.4 Å². The highest BCUT2D eigenvalue weighted by molar-refractivity contribution is 6.76. The van der Waals surface area contributed by atoms with E-state index in [0.717, 1.165) is 30.9 Å². The Bertz CT molecular complexity index is 1090. The third-order valence-corrected chi connectivity index (χ3v) is 8.28. The molecule has 0 amide bonds. The molecule has 0 radical (unpaired) electrons. The molecule has 0 atom stereocenters. The van der Waals surface area contributed by atoms with Crippen molar-refractivity contribution in [1.29, 1.82) is 0 Å². The van der Waals surface area contributed by atoms with Crippen LogP contribution in [0.5, 0.6) is 5.75 Å². The number of hydrogen-bond donors (Lipinski definition) is 0. The minimum atomic E-state index is -1.20. The molecule has 204 valence electrons. The lowest BCUT2D eigenvalue weighted by Crippen LogP contribution is -2.21. The van der Waals surface area contributed by atoms with Gasteiger partial charge in [-0.1, -0.05) is 94.4 Å². The van der Waals surface area contributed by atoms with Crippen molar-refractivity contribution in [3.8, 4) is 28.3 Å². The van der Waals surface area contributed by atoms with Crippen LogP contribution in [0, 0.1) is 0 Å². The maximum atomic E-state index is 11.8. The van der Waals surface area contributed by atoms with Crippen LogP contribution in [0.15, 0.2) is 60.9 Å². The Morgan fingerprint density at radius 2 is 1.37 bits per heavy atom. The van der Waals surface area contributed by atoms with Gasteiger partial charge < -0.3 is 9.47 Å². The first kappa shape index (κ1) is 29.6. The zero-order valence-corrected chi connectivity index (χ0v) is 24.7. The second-order valence-electron chi connectivity index (χ2n) is 11.2. The smallest absolute Gasteiger partial charge is 0.305 e. The molecule has 1 heterocycles. The molecule has 0 bridgehead atoms. The lowest BCUT2D eigenvalue weighted by molar-refractivity contribution is -0.143. The molecule has 0 unspecified atom stereocenters. The van der Waals surface area contributed by atoms with Gasteiger partial charge in [0.15, 0.2) is 11.6 Å². The van der Waals surface area contributed by atoms with Crippen LogP contribution in [0.4, 0.5) is 0 Å². The Balaban J connectivity index is 1.39. The molecule has 3 rings (SSSR count). The van der Waals surface area contributed by atoms with E-state index in [0.29, 0.717) is 31.2 Å². The maximum absolute atomic E-state index is 11.8. The summed E-state index contributed by atoms with van der Waals surface area (Å²) in [6.45, 7) is 10.0. The fourth-order valence-electron chi connectivity index (χ4n) is 4.10. The van der Waals surface area contributed by atoms with E-state index in [2.05, 4.69) is 85.1 Å². The Morgan fingerprint density at radius 3 is 2.00 bits per heavy atom. The van der Waals surface area contributed by atoms with Crippen molar-refractivity contribution in [2.24, 2.45) is 0 Å². The predicted molar refractivity (Wildman–Crippen MR) is 159 cm³/mol. The number of benzene rings is 2. The van der Waals surface area contributed by atoms with Crippen molar-refractivity contribution in [2.75, 3.05) is 13.2 Å². The molecule has 5 nitrogen and oxygen atoms in total. The number of unbranched alkanes of at least 4 members (excludes halogenated alkanes) is 4. The first-order chi connectivity index (χ1) is 18.3. The molecular weight excluding hydrogens is 488 g/mol. The summed E-state index contributed by atoms with van der Waals surface area (Å²) in [5, 5.41) is 0. The van der Waals surface area contributed by atoms with Crippen LogP contribution in [0.3, 0.4) is 0 Å². The number of aryl methyl sites for hydroxylation is 1. The highest BCUT2D eigenvalue weighted by atomic mass is 28.3. The summed E-state index contributed by atoms with van der Waals surface area (Å²) in [5.41, 5.74) is 4.80. The van der Waals surface area contributed by atoms with Gasteiger partial charge in [-0.15, -0.1) is 0 Å².